The van der Waals surface area contributed by atoms with E-state index in [1.807, 2.05) is 30.3 Å². The van der Waals surface area contributed by atoms with Crippen LogP contribution in [0.3, 0.4) is 0 Å². The number of hydrogen-bond donors (Lipinski definition) is 2. The van der Waals surface area contributed by atoms with Crippen molar-refractivity contribution < 1.29 is 19.1 Å². The first kappa shape index (κ1) is 27.7. The van der Waals surface area contributed by atoms with Gasteiger partial charge in [-0.1, -0.05) is 73.6 Å². The maximum absolute atomic E-state index is 12.2. The summed E-state index contributed by atoms with van der Waals surface area (Å²) in [6.07, 6.45) is 0. The van der Waals surface area contributed by atoms with Gasteiger partial charge in [0.25, 0.3) is 11.8 Å². The lowest BCUT2D eigenvalue weighted by Crippen LogP contribution is -2.45. The molecule has 34 heavy (non-hydrogen) atoms. The van der Waals surface area contributed by atoms with Crippen molar-refractivity contribution in [3.8, 4) is 11.5 Å². The average Bonchev–Trinajstić information content (AvgIpc) is 2.73. The molecule has 0 bridgehead atoms. The van der Waals surface area contributed by atoms with Crippen molar-refractivity contribution in [2.24, 2.45) is 0 Å². The molecule has 0 saturated heterocycles. The van der Waals surface area contributed by atoms with E-state index in [0.717, 1.165) is 10.0 Å². The third kappa shape index (κ3) is 8.05. The minimum absolute atomic E-state index is 0.00824. The van der Waals surface area contributed by atoms with Gasteiger partial charge in [0.2, 0.25) is 0 Å². The Balaban J connectivity index is 1.88. The van der Waals surface area contributed by atoms with Crippen molar-refractivity contribution in [1.29, 1.82) is 0 Å². The van der Waals surface area contributed by atoms with E-state index in [-0.39, 0.29) is 24.0 Å². The molecule has 0 radical (unpaired) electrons. The summed E-state index contributed by atoms with van der Waals surface area (Å²) in [5, 5.41) is 0. The standard InChI is InChI=1S/C27H37BrN2O4/c1-17(2)18-9-11-23(21(28)13-18)34-16-25(32)30-29-24(31)15-33-22-12-10-19(26(3,4)5)14-20(22)27(6,7)8/h9-14,17H,15-16H2,1-8H3,(H,29,31)(H,30,32). The minimum Gasteiger partial charge on any atom is -0.483 e. The highest BCUT2D eigenvalue weighted by Crippen LogP contribution is 2.35. The van der Waals surface area contributed by atoms with Crippen LogP contribution in [0.2, 0.25) is 0 Å². The zero-order valence-corrected chi connectivity index (χ0v) is 23.1. The molecule has 2 rings (SSSR count). The first-order chi connectivity index (χ1) is 15.7. The largest absolute Gasteiger partial charge is 0.483 e. The van der Waals surface area contributed by atoms with Crippen LogP contribution >= 0.6 is 15.9 Å². The van der Waals surface area contributed by atoms with Gasteiger partial charge >= 0.3 is 0 Å². The number of benzene rings is 2. The highest BCUT2D eigenvalue weighted by atomic mass is 79.9. The summed E-state index contributed by atoms with van der Waals surface area (Å²) in [6, 6.07) is 11.8. The number of nitrogens with one attached hydrogen (secondary N) is 2. The Hall–Kier alpha value is -2.54. The van der Waals surface area contributed by atoms with E-state index in [1.165, 1.54) is 11.1 Å². The zero-order chi connectivity index (χ0) is 25.7. The molecule has 0 atom stereocenters. The van der Waals surface area contributed by atoms with Gasteiger partial charge in [0.15, 0.2) is 13.2 Å². The van der Waals surface area contributed by atoms with E-state index in [4.69, 9.17) is 9.47 Å². The van der Waals surface area contributed by atoms with Gasteiger partial charge < -0.3 is 9.47 Å². The number of ether oxygens (including phenoxy) is 2. The van der Waals surface area contributed by atoms with Gasteiger partial charge in [-0.2, -0.15) is 0 Å². The molecule has 0 aliphatic carbocycles. The van der Waals surface area contributed by atoms with E-state index in [0.29, 0.717) is 17.4 Å². The third-order valence-corrected chi connectivity index (χ3v) is 5.95. The normalized spacial score (nSPS) is 11.8. The quantitative estimate of drug-likeness (QED) is 0.443. The average molecular weight is 534 g/mol. The van der Waals surface area contributed by atoms with Crippen LogP contribution in [-0.2, 0) is 20.4 Å². The fourth-order valence-electron chi connectivity index (χ4n) is 3.20. The maximum Gasteiger partial charge on any atom is 0.276 e. The Morgan fingerprint density at radius 2 is 1.35 bits per heavy atom. The second-order valence-corrected chi connectivity index (χ2v) is 11.6. The van der Waals surface area contributed by atoms with Crippen LogP contribution in [0.15, 0.2) is 40.9 Å². The second kappa shape index (κ2) is 11.3. The van der Waals surface area contributed by atoms with Gasteiger partial charge in [-0.25, -0.2) is 0 Å². The first-order valence-corrected chi connectivity index (χ1v) is 12.3. The van der Waals surface area contributed by atoms with Gasteiger partial charge in [0.1, 0.15) is 11.5 Å². The van der Waals surface area contributed by atoms with Crippen LogP contribution < -0.4 is 20.3 Å². The predicted molar refractivity (Wildman–Crippen MR) is 139 cm³/mol. The molecule has 2 amide bonds. The number of hydrogen-bond acceptors (Lipinski definition) is 4. The number of hydrazine groups is 1. The van der Waals surface area contributed by atoms with Crippen molar-refractivity contribution in [2.45, 2.75) is 72.1 Å². The fourth-order valence-corrected chi connectivity index (χ4v) is 3.71. The fraction of sp³-hybridized carbons (Fsp3) is 0.481. The SMILES string of the molecule is CC(C)c1ccc(OCC(=O)NNC(=O)COc2ccc(C(C)(C)C)cc2C(C)(C)C)c(Br)c1. The van der Waals surface area contributed by atoms with Crippen LogP contribution in [0.25, 0.3) is 0 Å². The van der Waals surface area contributed by atoms with E-state index >= 15 is 0 Å². The Kier molecular flexibility index (Phi) is 9.17. The van der Waals surface area contributed by atoms with Crippen LogP contribution in [0.5, 0.6) is 11.5 Å². The summed E-state index contributed by atoms with van der Waals surface area (Å²) in [7, 11) is 0. The molecule has 7 heteroatoms. The molecule has 0 saturated carbocycles. The van der Waals surface area contributed by atoms with Gasteiger partial charge in [0.05, 0.1) is 4.47 Å². The lowest BCUT2D eigenvalue weighted by molar-refractivity contribution is -0.131. The number of amides is 2. The number of carbonyl (C=O) groups is 2. The van der Waals surface area contributed by atoms with Crippen molar-refractivity contribution in [3.63, 3.8) is 0 Å². The summed E-state index contributed by atoms with van der Waals surface area (Å²) in [6.45, 7) is 16.6. The lowest BCUT2D eigenvalue weighted by Gasteiger charge is -2.27. The molecule has 0 aliphatic heterocycles. The molecule has 0 aliphatic rings. The molecule has 2 aromatic carbocycles. The molecule has 0 fully saturated rings. The number of rotatable bonds is 7. The molecule has 2 aromatic rings. The molecular weight excluding hydrogens is 496 g/mol. The van der Waals surface area contributed by atoms with Crippen LogP contribution in [0, 0.1) is 0 Å². The number of halogens is 1. The molecular formula is C27H37BrN2O4. The van der Waals surface area contributed by atoms with Gasteiger partial charge in [0, 0.05) is 0 Å². The summed E-state index contributed by atoms with van der Waals surface area (Å²) in [5.41, 5.74) is 7.97. The molecule has 6 nitrogen and oxygen atoms in total. The highest BCUT2D eigenvalue weighted by Gasteiger charge is 2.23. The molecule has 0 spiro atoms. The van der Waals surface area contributed by atoms with Crippen molar-refractivity contribution in [1.82, 2.24) is 10.9 Å². The van der Waals surface area contributed by atoms with Gasteiger partial charge in [-0.05, 0) is 67.6 Å². The third-order valence-electron chi connectivity index (χ3n) is 5.34. The van der Waals surface area contributed by atoms with Gasteiger partial charge in [-0.3, -0.25) is 20.4 Å². The van der Waals surface area contributed by atoms with Crippen LogP contribution in [0.1, 0.15) is 78.0 Å². The van der Waals surface area contributed by atoms with E-state index in [1.54, 1.807) is 0 Å². The van der Waals surface area contributed by atoms with Crippen molar-refractivity contribution >= 4 is 27.7 Å². The molecule has 0 aromatic heterocycles. The van der Waals surface area contributed by atoms with Crippen molar-refractivity contribution in [3.05, 3.63) is 57.6 Å². The van der Waals surface area contributed by atoms with E-state index in [2.05, 4.69) is 88.2 Å². The Bertz CT molecular complexity index is 1020. The summed E-state index contributed by atoms with van der Waals surface area (Å²) in [5.74, 6) is 0.665. The highest BCUT2D eigenvalue weighted by molar-refractivity contribution is 9.10. The summed E-state index contributed by atoms with van der Waals surface area (Å²) >= 11 is 3.46. The number of carbonyl (C=O) groups excluding carboxylic acids is 2. The Morgan fingerprint density at radius 1 is 0.824 bits per heavy atom. The van der Waals surface area contributed by atoms with Crippen LogP contribution in [-0.4, -0.2) is 25.0 Å². The Labute approximate surface area is 211 Å². The molecule has 0 unspecified atom stereocenters. The second-order valence-electron chi connectivity index (χ2n) is 10.7. The van der Waals surface area contributed by atoms with E-state index in [9.17, 15) is 9.59 Å². The summed E-state index contributed by atoms with van der Waals surface area (Å²) < 4.78 is 12.1. The molecule has 2 N–H and O–H groups in total. The smallest absolute Gasteiger partial charge is 0.276 e. The monoisotopic (exact) mass is 532 g/mol. The van der Waals surface area contributed by atoms with Gasteiger partial charge in [-0.15, -0.1) is 0 Å². The molecule has 186 valence electrons. The van der Waals surface area contributed by atoms with Crippen LogP contribution in [0.4, 0.5) is 0 Å². The topological polar surface area (TPSA) is 76.7 Å². The lowest BCUT2D eigenvalue weighted by atomic mass is 9.80. The van der Waals surface area contributed by atoms with E-state index < -0.39 is 11.8 Å². The predicted octanol–water partition coefficient (Wildman–Crippen LogP) is 5.77. The minimum atomic E-state index is -0.474. The van der Waals surface area contributed by atoms with Crippen molar-refractivity contribution in [2.75, 3.05) is 13.2 Å². The maximum atomic E-state index is 12.2. The summed E-state index contributed by atoms with van der Waals surface area (Å²) in [4.78, 5) is 24.3. The zero-order valence-electron chi connectivity index (χ0n) is 21.5. The first-order valence-electron chi connectivity index (χ1n) is 11.5. The Morgan fingerprint density at radius 3 is 1.82 bits per heavy atom. The molecule has 0 heterocycles.